The molecule has 100 valence electrons. The van der Waals surface area contributed by atoms with Crippen LogP contribution in [-0.4, -0.2) is 22.1 Å². The summed E-state index contributed by atoms with van der Waals surface area (Å²) in [4.78, 5) is 22.8. The third-order valence-corrected chi connectivity index (χ3v) is 5.68. The molecule has 17 heavy (non-hydrogen) atoms. The van der Waals surface area contributed by atoms with Crippen LogP contribution in [0.1, 0.15) is 53.9 Å². The van der Waals surface area contributed by atoms with Gasteiger partial charge in [-0.15, -0.1) is 0 Å². The summed E-state index contributed by atoms with van der Waals surface area (Å²) in [6.45, 7) is 9.96. The van der Waals surface area contributed by atoms with Crippen molar-refractivity contribution >= 4 is 33.2 Å². The third-order valence-electron chi connectivity index (χ3n) is 2.39. The summed E-state index contributed by atoms with van der Waals surface area (Å²) in [6.07, 6.45) is 1.87. The summed E-state index contributed by atoms with van der Waals surface area (Å²) in [5, 5.41) is 0. The molecule has 0 aromatic heterocycles. The Bertz CT molecular complexity index is 260. The summed E-state index contributed by atoms with van der Waals surface area (Å²) >= 11 is 0. The molecule has 0 aliphatic heterocycles. The molecule has 0 amide bonds. The van der Waals surface area contributed by atoms with Gasteiger partial charge in [0.2, 0.25) is 0 Å². The number of rotatable bonds is 9. The molecular weight excluding hydrogens is 252 g/mol. The van der Waals surface area contributed by atoms with Gasteiger partial charge < -0.3 is 0 Å². The van der Waals surface area contributed by atoms with Crippen LogP contribution < -0.4 is 0 Å². The maximum Gasteiger partial charge on any atom is 0.136 e. The van der Waals surface area contributed by atoms with Gasteiger partial charge in [0.15, 0.2) is 0 Å². The number of carbonyl (C=O) groups excluding carboxylic acids is 2. The van der Waals surface area contributed by atoms with Crippen molar-refractivity contribution in [2.75, 3.05) is 5.75 Å². The first-order valence-electron chi connectivity index (χ1n) is 6.13. The van der Waals surface area contributed by atoms with Crippen LogP contribution in [-0.2, 0) is 9.59 Å². The minimum atomic E-state index is -0.0404. The Labute approximate surface area is 113 Å². The zero-order chi connectivity index (χ0) is 13.5. The molecule has 0 radical (unpaired) electrons. The molecule has 0 aliphatic carbocycles. The zero-order valence-electron chi connectivity index (χ0n) is 11.5. The van der Waals surface area contributed by atoms with Gasteiger partial charge in [0, 0.05) is 35.7 Å². The zero-order valence-corrected chi connectivity index (χ0v) is 13.2. The van der Waals surface area contributed by atoms with Crippen molar-refractivity contribution in [3.05, 3.63) is 0 Å². The van der Waals surface area contributed by atoms with E-state index >= 15 is 0 Å². The predicted molar refractivity (Wildman–Crippen MR) is 78.5 cm³/mol. The van der Waals surface area contributed by atoms with E-state index in [0.717, 1.165) is 5.75 Å². The maximum absolute atomic E-state index is 11.7. The monoisotopic (exact) mass is 276 g/mol. The Hall–Kier alpha value is 0.0400. The SMILES string of the molecule is CCC(=O)CCSSC(C)(C)CC(=O)C(C)C. The summed E-state index contributed by atoms with van der Waals surface area (Å²) in [6, 6.07) is 0. The van der Waals surface area contributed by atoms with E-state index in [9.17, 15) is 9.59 Å². The molecule has 0 atom stereocenters. The highest BCUT2D eigenvalue weighted by atomic mass is 33.1. The minimum Gasteiger partial charge on any atom is -0.300 e. The van der Waals surface area contributed by atoms with Crippen LogP contribution >= 0.6 is 21.6 Å². The predicted octanol–water partition coefficient (Wildman–Crippen LogP) is 4.13. The highest BCUT2D eigenvalue weighted by molar-refractivity contribution is 8.77. The molecule has 4 heteroatoms. The van der Waals surface area contributed by atoms with Crippen LogP contribution in [0.25, 0.3) is 0 Å². The summed E-state index contributed by atoms with van der Waals surface area (Å²) in [5.74, 6) is 1.58. The Balaban J connectivity index is 3.85. The molecule has 0 aromatic rings. The average Bonchev–Trinajstić information content (AvgIpc) is 2.23. The Morgan fingerprint density at radius 3 is 2.29 bits per heavy atom. The number of carbonyl (C=O) groups is 2. The second-order valence-electron chi connectivity index (χ2n) is 5.11. The molecule has 0 aromatic carbocycles. The molecule has 0 unspecified atom stereocenters. The van der Waals surface area contributed by atoms with Gasteiger partial charge >= 0.3 is 0 Å². The fourth-order valence-electron chi connectivity index (χ4n) is 1.19. The smallest absolute Gasteiger partial charge is 0.136 e. The van der Waals surface area contributed by atoms with Crippen molar-refractivity contribution in [3.63, 3.8) is 0 Å². The molecule has 0 bridgehead atoms. The van der Waals surface area contributed by atoms with Crippen LogP contribution in [0.4, 0.5) is 0 Å². The third kappa shape index (κ3) is 8.72. The van der Waals surface area contributed by atoms with Gasteiger partial charge in [0.1, 0.15) is 11.6 Å². The minimum absolute atomic E-state index is 0.0404. The van der Waals surface area contributed by atoms with Gasteiger partial charge in [0.05, 0.1) is 0 Å². The molecule has 0 fully saturated rings. The van der Waals surface area contributed by atoms with Gasteiger partial charge in [-0.2, -0.15) is 0 Å². The number of hydrogen-bond donors (Lipinski definition) is 0. The standard InChI is InChI=1S/C13H24O2S2/c1-6-11(14)7-8-16-17-13(4,5)9-12(15)10(2)3/h10H,6-9H2,1-5H3. The van der Waals surface area contributed by atoms with Gasteiger partial charge in [-0.25, -0.2) is 0 Å². The van der Waals surface area contributed by atoms with Gasteiger partial charge in [-0.05, 0) is 13.8 Å². The molecule has 0 aliphatic rings. The maximum atomic E-state index is 11.7. The van der Waals surface area contributed by atoms with E-state index < -0.39 is 0 Å². The van der Waals surface area contributed by atoms with Crippen molar-refractivity contribution in [2.24, 2.45) is 5.92 Å². The Morgan fingerprint density at radius 2 is 1.82 bits per heavy atom. The quantitative estimate of drug-likeness (QED) is 0.468. The largest absolute Gasteiger partial charge is 0.300 e. The number of Topliss-reactive ketones (excluding diaryl/α,β-unsaturated/α-hetero) is 2. The lowest BCUT2D eigenvalue weighted by atomic mass is 9.99. The molecule has 2 nitrogen and oxygen atoms in total. The van der Waals surface area contributed by atoms with Crippen LogP contribution in [0.3, 0.4) is 0 Å². The van der Waals surface area contributed by atoms with Crippen LogP contribution in [0, 0.1) is 5.92 Å². The topological polar surface area (TPSA) is 34.1 Å². The fourth-order valence-corrected chi connectivity index (χ4v) is 3.74. The van der Waals surface area contributed by atoms with Crippen molar-refractivity contribution < 1.29 is 9.59 Å². The van der Waals surface area contributed by atoms with E-state index in [1.807, 2.05) is 20.8 Å². The lowest BCUT2D eigenvalue weighted by molar-refractivity contribution is -0.122. The first kappa shape index (κ1) is 17.0. The van der Waals surface area contributed by atoms with Crippen molar-refractivity contribution in [2.45, 2.75) is 58.6 Å². The van der Waals surface area contributed by atoms with Crippen molar-refractivity contribution in [1.82, 2.24) is 0 Å². The normalized spacial score (nSPS) is 11.9. The molecular formula is C13H24O2S2. The van der Waals surface area contributed by atoms with Gasteiger partial charge in [-0.1, -0.05) is 42.4 Å². The Kier molecular flexibility index (Phi) is 8.22. The highest BCUT2D eigenvalue weighted by Gasteiger charge is 2.24. The first-order chi connectivity index (χ1) is 7.78. The molecule has 0 rings (SSSR count). The summed E-state index contributed by atoms with van der Waals surface area (Å²) in [7, 11) is 3.42. The van der Waals surface area contributed by atoms with Crippen molar-refractivity contribution in [3.8, 4) is 0 Å². The Morgan fingerprint density at radius 1 is 1.24 bits per heavy atom. The van der Waals surface area contributed by atoms with Crippen LogP contribution in [0.15, 0.2) is 0 Å². The number of hydrogen-bond acceptors (Lipinski definition) is 4. The molecule has 0 saturated heterocycles. The number of ketones is 2. The van der Waals surface area contributed by atoms with E-state index in [1.165, 1.54) is 0 Å². The lowest BCUT2D eigenvalue weighted by Crippen LogP contribution is -2.22. The van der Waals surface area contributed by atoms with E-state index in [0.29, 0.717) is 30.8 Å². The van der Waals surface area contributed by atoms with E-state index in [4.69, 9.17) is 0 Å². The molecule has 0 N–H and O–H groups in total. The first-order valence-corrected chi connectivity index (χ1v) is 8.45. The lowest BCUT2D eigenvalue weighted by Gasteiger charge is -2.23. The van der Waals surface area contributed by atoms with Crippen molar-refractivity contribution in [1.29, 1.82) is 0 Å². The fraction of sp³-hybridized carbons (Fsp3) is 0.846. The van der Waals surface area contributed by atoms with Gasteiger partial charge in [0.25, 0.3) is 0 Å². The van der Waals surface area contributed by atoms with Crippen LogP contribution in [0.2, 0.25) is 0 Å². The highest BCUT2D eigenvalue weighted by Crippen LogP contribution is 2.38. The summed E-state index contributed by atoms with van der Waals surface area (Å²) < 4.78 is -0.0404. The molecule has 0 spiro atoms. The second kappa shape index (κ2) is 8.20. The molecule has 0 saturated carbocycles. The van der Waals surface area contributed by atoms with E-state index in [1.54, 1.807) is 21.6 Å². The molecule has 0 heterocycles. The van der Waals surface area contributed by atoms with E-state index in [2.05, 4.69) is 13.8 Å². The second-order valence-corrected chi connectivity index (χ2v) is 8.23. The summed E-state index contributed by atoms with van der Waals surface area (Å²) in [5.41, 5.74) is 0. The average molecular weight is 276 g/mol. The van der Waals surface area contributed by atoms with E-state index in [-0.39, 0.29) is 10.7 Å². The van der Waals surface area contributed by atoms with Crippen LogP contribution in [0.5, 0.6) is 0 Å². The van der Waals surface area contributed by atoms with Gasteiger partial charge in [-0.3, -0.25) is 9.59 Å².